The fourth-order valence-corrected chi connectivity index (χ4v) is 3.32. The lowest BCUT2D eigenvalue weighted by atomic mass is 10.0. The molecule has 2 heterocycles. The fraction of sp³-hybridized carbons (Fsp3) is 0.933. The Hall–Kier alpha value is -0.770. The van der Waals surface area contributed by atoms with Crippen LogP contribution in [0.1, 0.15) is 33.1 Å². The van der Waals surface area contributed by atoms with Crippen LogP contribution in [0.3, 0.4) is 0 Å². The standard InChI is InChI=1S/C15H30N4/c1-4-18-9-7-14(12-18)10-17-15(16-3)19-8-5-6-13(2)11-19/h13-14H,4-12H2,1-3H3,(H,16,17). The molecule has 1 N–H and O–H groups in total. The number of nitrogens with zero attached hydrogens (tertiary/aromatic N) is 3. The fourth-order valence-electron chi connectivity index (χ4n) is 3.32. The van der Waals surface area contributed by atoms with Crippen LogP contribution in [0.5, 0.6) is 0 Å². The van der Waals surface area contributed by atoms with Gasteiger partial charge in [0.05, 0.1) is 0 Å². The summed E-state index contributed by atoms with van der Waals surface area (Å²) in [4.78, 5) is 9.44. The lowest BCUT2D eigenvalue weighted by Crippen LogP contribution is -2.47. The highest BCUT2D eigenvalue weighted by Crippen LogP contribution is 2.17. The van der Waals surface area contributed by atoms with Crippen LogP contribution >= 0.6 is 0 Å². The number of hydrogen-bond donors (Lipinski definition) is 1. The summed E-state index contributed by atoms with van der Waals surface area (Å²) in [6.07, 6.45) is 3.99. The summed E-state index contributed by atoms with van der Waals surface area (Å²) in [6, 6.07) is 0. The number of hydrogen-bond acceptors (Lipinski definition) is 2. The van der Waals surface area contributed by atoms with Crippen molar-refractivity contribution in [1.82, 2.24) is 15.1 Å². The van der Waals surface area contributed by atoms with Crippen molar-refractivity contribution in [3.05, 3.63) is 0 Å². The zero-order chi connectivity index (χ0) is 13.7. The van der Waals surface area contributed by atoms with Gasteiger partial charge in [-0.1, -0.05) is 13.8 Å². The van der Waals surface area contributed by atoms with E-state index >= 15 is 0 Å². The van der Waals surface area contributed by atoms with Crippen LogP contribution < -0.4 is 5.32 Å². The van der Waals surface area contributed by atoms with Crippen molar-refractivity contribution < 1.29 is 0 Å². The molecule has 2 aliphatic heterocycles. The molecule has 2 fully saturated rings. The zero-order valence-electron chi connectivity index (χ0n) is 12.9. The second kappa shape index (κ2) is 7.13. The molecule has 2 atom stereocenters. The Balaban J connectivity index is 1.77. The molecule has 2 aliphatic rings. The molecule has 2 rings (SSSR count). The molecule has 0 aromatic carbocycles. The average Bonchev–Trinajstić information content (AvgIpc) is 2.87. The molecule has 0 aromatic heterocycles. The lowest BCUT2D eigenvalue weighted by molar-refractivity contribution is 0.264. The Kier molecular flexibility index (Phi) is 5.49. The van der Waals surface area contributed by atoms with Gasteiger partial charge in [0.15, 0.2) is 5.96 Å². The third-order valence-corrected chi connectivity index (χ3v) is 4.53. The van der Waals surface area contributed by atoms with Gasteiger partial charge in [-0.3, -0.25) is 4.99 Å². The van der Waals surface area contributed by atoms with Gasteiger partial charge in [-0.05, 0) is 44.2 Å². The van der Waals surface area contributed by atoms with E-state index in [2.05, 4.69) is 34.0 Å². The summed E-state index contributed by atoms with van der Waals surface area (Å²) in [5.41, 5.74) is 0. The second-order valence-corrected chi connectivity index (χ2v) is 6.17. The number of guanidine groups is 1. The van der Waals surface area contributed by atoms with Crippen LogP contribution in [-0.2, 0) is 0 Å². The molecule has 0 bridgehead atoms. The predicted octanol–water partition coefficient (Wildman–Crippen LogP) is 1.64. The summed E-state index contributed by atoms with van der Waals surface area (Å²) in [5.74, 6) is 2.70. The van der Waals surface area contributed by atoms with Crippen molar-refractivity contribution in [2.24, 2.45) is 16.8 Å². The van der Waals surface area contributed by atoms with E-state index in [1.54, 1.807) is 0 Å². The third kappa shape index (κ3) is 4.10. The molecule has 4 nitrogen and oxygen atoms in total. The lowest BCUT2D eigenvalue weighted by Gasteiger charge is -2.34. The maximum absolute atomic E-state index is 4.46. The quantitative estimate of drug-likeness (QED) is 0.622. The molecule has 0 amide bonds. The van der Waals surface area contributed by atoms with Gasteiger partial charge in [-0.15, -0.1) is 0 Å². The highest BCUT2D eigenvalue weighted by Gasteiger charge is 2.23. The minimum absolute atomic E-state index is 0.791. The SMILES string of the molecule is CCN1CCC(CNC(=NC)N2CCCC(C)C2)C1. The van der Waals surface area contributed by atoms with Crippen LogP contribution in [-0.4, -0.2) is 62.1 Å². The number of piperidine rings is 1. The molecule has 0 aromatic rings. The van der Waals surface area contributed by atoms with Crippen LogP contribution in [0.4, 0.5) is 0 Å². The smallest absolute Gasteiger partial charge is 0.193 e. The Morgan fingerprint density at radius 3 is 2.74 bits per heavy atom. The maximum Gasteiger partial charge on any atom is 0.193 e. The van der Waals surface area contributed by atoms with Crippen LogP contribution in [0, 0.1) is 11.8 Å². The first kappa shape index (κ1) is 14.6. The highest BCUT2D eigenvalue weighted by molar-refractivity contribution is 5.79. The Morgan fingerprint density at radius 2 is 2.11 bits per heavy atom. The number of nitrogens with one attached hydrogen (secondary N) is 1. The normalized spacial score (nSPS) is 29.8. The van der Waals surface area contributed by atoms with E-state index in [0.717, 1.165) is 37.4 Å². The van der Waals surface area contributed by atoms with Crippen molar-refractivity contribution in [3.8, 4) is 0 Å². The first-order valence-corrected chi connectivity index (χ1v) is 7.90. The van der Waals surface area contributed by atoms with Crippen LogP contribution in [0.15, 0.2) is 4.99 Å². The number of rotatable bonds is 3. The zero-order valence-corrected chi connectivity index (χ0v) is 12.9. The molecule has 110 valence electrons. The number of aliphatic imine (C=N–C) groups is 1. The predicted molar refractivity (Wildman–Crippen MR) is 81.6 cm³/mol. The van der Waals surface area contributed by atoms with Crippen molar-refractivity contribution >= 4 is 5.96 Å². The highest BCUT2D eigenvalue weighted by atomic mass is 15.3. The number of likely N-dealkylation sites (tertiary alicyclic amines) is 2. The van der Waals surface area contributed by atoms with E-state index in [0.29, 0.717) is 0 Å². The topological polar surface area (TPSA) is 30.9 Å². The third-order valence-electron chi connectivity index (χ3n) is 4.53. The van der Waals surface area contributed by atoms with E-state index < -0.39 is 0 Å². The molecule has 4 heteroatoms. The summed E-state index contributed by atoms with van der Waals surface area (Å²) in [5, 5.41) is 3.60. The van der Waals surface area contributed by atoms with Crippen LogP contribution in [0.25, 0.3) is 0 Å². The van der Waals surface area contributed by atoms with Crippen molar-refractivity contribution in [3.63, 3.8) is 0 Å². The molecule has 0 radical (unpaired) electrons. The average molecular weight is 266 g/mol. The second-order valence-electron chi connectivity index (χ2n) is 6.17. The van der Waals surface area contributed by atoms with Gasteiger partial charge in [0, 0.05) is 33.2 Å². The van der Waals surface area contributed by atoms with Gasteiger partial charge in [0.25, 0.3) is 0 Å². The van der Waals surface area contributed by atoms with Gasteiger partial charge in [-0.25, -0.2) is 0 Å². The molecule has 0 spiro atoms. The monoisotopic (exact) mass is 266 g/mol. The first-order valence-electron chi connectivity index (χ1n) is 7.90. The van der Waals surface area contributed by atoms with Gasteiger partial charge >= 0.3 is 0 Å². The van der Waals surface area contributed by atoms with Crippen LogP contribution in [0.2, 0.25) is 0 Å². The van der Waals surface area contributed by atoms with Gasteiger partial charge in [-0.2, -0.15) is 0 Å². The Labute approximate surface area is 118 Å². The van der Waals surface area contributed by atoms with Gasteiger partial charge in [0.1, 0.15) is 0 Å². The minimum atomic E-state index is 0.791. The summed E-state index contributed by atoms with van der Waals surface area (Å²) in [6.45, 7) is 11.7. The maximum atomic E-state index is 4.46. The van der Waals surface area contributed by atoms with Gasteiger partial charge < -0.3 is 15.1 Å². The summed E-state index contributed by atoms with van der Waals surface area (Å²) in [7, 11) is 1.91. The molecule has 0 aliphatic carbocycles. The van der Waals surface area contributed by atoms with E-state index in [4.69, 9.17) is 0 Å². The first-order chi connectivity index (χ1) is 9.22. The molecular formula is C15H30N4. The van der Waals surface area contributed by atoms with Crippen molar-refractivity contribution in [1.29, 1.82) is 0 Å². The molecule has 19 heavy (non-hydrogen) atoms. The molecule has 0 saturated carbocycles. The van der Waals surface area contributed by atoms with Crippen molar-refractivity contribution in [2.75, 3.05) is 46.3 Å². The Morgan fingerprint density at radius 1 is 1.26 bits per heavy atom. The molecular weight excluding hydrogens is 236 g/mol. The largest absolute Gasteiger partial charge is 0.356 e. The van der Waals surface area contributed by atoms with E-state index in [-0.39, 0.29) is 0 Å². The Bertz CT molecular complexity index is 303. The van der Waals surface area contributed by atoms with E-state index in [1.807, 2.05) is 7.05 Å². The molecule has 2 saturated heterocycles. The van der Waals surface area contributed by atoms with Crippen molar-refractivity contribution in [2.45, 2.75) is 33.1 Å². The van der Waals surface area contributed by atoms with E-state index in [9.17, 15) is 0 Å². The molecule has 2 unspecified atom stereocenters. The summed E-state index contributed by atoms with van der Waals surface area (Å²) < 4.78 is 0. The van der Waals surface area contributed by atoms with Gasteiger partial charge in [0.2, 0.25) is 0 Å². The van der Waals surface area contributed by atoms with E-state index in [1.165, 1.54) is 38.9 Å². The minimum Gasteiger partial charge on any atom is -0.356 e. The summed E-state index contributed by atoms with van der Waals surface area (Å²) >= 11 is 0.